The van der Waals surface area contributed by atoms with Gasteiger partial charge < -0.3 is 10.6 Å². The molecule has 0 saturated carbocycles. The number of aromatic nitrogens is 2. The summed E-state index contributed by atoms with van der Waals surface area (Å²) in [5.74, 6) is 0.246. The number of hydrogen-bond acceptors (Lipinski definition) is 4. The SMILES string of the molecule is CCC(C)Nc1nccc(C(=O)Nc2c(C)cccc2C)n1. The lowest BCUT2D eigenvalue weighted by Crippen LogP contribution is -2.19. The van der Waals surface area contributed by atoms with Crippen molar-refractivity contribution in [1.29, 1.82) is 0 Å². The molecular formula is C17H22N4O. The summed E-state index contributed by atoms with van der Waals surface area (Å²) in [5.41, 5.74) is 3.24. The molecule has 1 aromatic carbocycles. The largest absolute Gasteiger partial charge is 0.352 e. The van der Waals surface area contributed by atoms with Crippen molar-refractivity contribution < 1.29 is 4.79 Å². The summed E-state index contributed by atoms with van der Waals surface area (Å²) >= 11 is 0. The molecule has 0 spiro atoms. The Morgan fingerprint density at radius 3 is 2.55 bits per heavy atom. The number of carbonyl (C=O) groups is 1. The lowest BCUT2D eigenvalue weighted by atomic mass is 10.1. The molecule has 2 aromatic rings. The fraction of sp³-hybridized carbons (Fsp3) is 0.353. The second kappa shape index (κ2) is 7.02. The summed E-state index contributed by atoms with van der Waals surface area (Å²) in [5, 5.41) is 6.10. The van der Waals surface area contributed by atoms with Crippen LogP contribution in [0.4, 0.5) is 11.6 Å². The molecule has 1 aromatic heterocycles. The summed E-state index contributed by atoms with van der Waals surface area (Å²) in [7, 11) is 0. The topological polar surface area (TPSA) is 66.9 Å². The van der Waals surface area contributed by atoms with Crippen LogP contribution in [0, 0.1) is 13.8 Å². The summed E-state index contributed by atoms with van der Waals surface area (Å²) < 4.78 is 0. The van der Waals surface area contributed by atoms with Crippen LogP contribution >= 0.6 is 0 Å². The number of carbonyl (C=O) groups excluding carboxylic acids is 1. The third kappa shape index (κ3) is 3.81. The molecule has 2 N–H and O–H groups in total. The van der Waals surface area contributed by atoms with E-state index in [2.05, 4.69) is 27.5 Å². The van der Waals surface area contributed by atoms with Crippen molar-refractivity contribution in [1.82, 2.24) is 9.97 Å². The molecule has 0 aliphatic rings. The Morgan fingerprint density at radius 2 is 1.91 bits per heavy atom. The number of hydrogen-bond donors (Lipinski definition) is 2. The summed E-state index contributed by atoms with van der Waals surface area (Å²) in [6.07, 6.45) is 2.56. The molecule has 0 saturated heterocycles. The molecule has 22 heavy (non-hydrogen) atoms. The Kier molecular flexibility index (Phi) is 5.09. The predicted octanol–water partition coefficient (Wildman–Crippen LogP) is 3.56. The fourth-order valence-corrected chi connectivity index (χ4v) is 2.07. The van der Waals surface area contributed by atoms with Gasteiger partial charge in [-0.1, -0.05) is 25.1 Å². The highest BCUT2D eigenvalue weighted by Crippen LogP contribution is 2.20. The van der Waals surface area contributed by atoms with Gasteiger partial charge in [-0.15, -0.1) is 0 Å². The third-order valence-corrected chi connectivity index (χ3v) is 3.60. The first-order valence-electron chi connectivity index (χ1n) is 7.48. The van der Waals surface area contributed by atoms with Crippen molar-refractivity contribution in [2.75, 3.05) is 10.6 Å². The molecule has 0 radical (unpaired) electrons. The lowest BCUT2D eigenvalue weighted by molar-refractivity contribution is 0.102. The van der Waals surface area contributed by atoms with Gasteiger partial charge in [-0.25, -0.2) is 9.97 Å². The van der Waals surface area contributed by atoms with Gasteiger partial charge in [0.25, 0.3) is 5.91 Å². The van der Waals surface area contributed by atoms with Gasteiger partial charge in [-0.05, 0) is 44.4 Å². The van der Waals surface area contributed by atoms with E-state index in [9.17, 15) is 4.79 Å². The van der Waals surface area contributed by atoms with Crippen LogP contribution in [0.3, 0.4) is 0 Å². The van der Waals surface area contributed by atoms with Crippen molar-refractivity contribution in [3.63, 3.8) is 0 Å². The quantitative estimate of drug-likeness (QED) is 0.885. The maximum atomic E-state index is 12.4. The van der Waals surface area contributed by atoms with Crippen molar-refractivity contribution in [2.45, 2.75) is 40.2 Å². The van der Waals surface area contributed by atoms with Crippen LogP contribution in [0.15, 0.2) is 30.5 Å². The molecule has 116 valence electrons. The first kappa shape index (κ1) is 15.9. The second-order valence-corrected chi connectivity index (χ2v) is 5.44. The predicted molar refractivity (Wildman–Crippen MR) is 89.3 cm³/mol. The van der Waals surface area contributed by atoms with Crippen molar-refractivity contribution in [3.05, 3.63) is 47.3 Å². The van der Waals surface area contributed by atoms with E-state index in [1.165, 1.54) is 0 Å². The monoisotopic (exact) mass is 298 g/mol. The maximum Gasteiger partial charge on any atom is 0.274 e. The molecule has 0 bridgehead atoms. The van der Waals surface area contributed by atoms with Crippen LogP contribution in [0.2, 0.25) is 0 Å². The Bertz CT molecular complexity index is 649. The molecule has 1 unspecified atom stereocenters. The van der Waals surface area contributed by atoms with Crippen molar-refractivity contribution in [2.24, 2.45) is 0 Å². The summed E-state index contributed by atoms with van der Waals surface area (Å²) in [6, 6.07) is 7.79. The van der Waals surface area contributed by atoms with E-state index in [0.717, 1.165) is 23.2 Å². The molecule has 5 heteroatoms. The Hall–Kier alpha value is -2.43. The molecular weight excluding hydrogens is 276 g/mol. The zero-order valence-electron chi connectivity index (χ0n) is 13.5. The van der Waals surface area contributed by atoms with Gasteiger partial charge in [-0.3, -0.25) is 4.79 Å². The minimum Gasteiger partial charge on any atom is -0.352 e. The summed E-state index contributed by atoms with van der Waals surface area (Å²) in [4.78, 5) is 20.8. The zero-order chi connectivity index (χ0) is 16.1. The molecule has 1 atom stereocenters. The second-order valence-electron chi connectivity index (χ2n) is 5.44. The Morgan fingerprint density at radius 1 is 1.23 bits per heavy atom. The molecule has 1 amide bonds. The number of anilines is 2. The number of aryl methyl sites for hydroxylation is 2. The number of benzene rings is 1. The zero-order valence-corrected chi connectivity index (χ0v) is 13.5. The fourth-order valence-electron chi connectivity index (χ4n) is 2.07. The molecule has 1 heterocycles. The first-order valence-corrected chi connectivity index (χ1v) is 7.48. The van der Waals surface area contributed by atoms with Crippen LogP contribution in [-0.4, -0.2) is 21.9 Å². The van der Waals surface area contributed by atoms with Gasteiger partial charge in [0.1, 0.15) is 5.69 Å². The minimum absolute atomic E-state index is 0.230. The summed E-state index contributed by atoms with van der Waals surface area (Å²) in [6.45, 7) is 8.07. The molecule has 0 aliphatic heterocycles. The Balaban J connectivity index is 2.18. The average molecular weight is 298 g/mol. The van der Waals surface area contributed by atoms with Gasteiger partial charge in [0.2, 0.25) is 5.95 Å². The normalized spacial score (nSPS) is 11.8. The van der Waals surface area contributed by atoms with Crippen LogP contribution in [0.1, 0.15) is 41.9 Å². The highest BCUT2D eigenvalue weighted by molar-refractivity contribution is 6.03. The van der Waals surface area contributed by atoms with Gasteiger partial charge in [0, 0.05) is 17.9 Å². The maximum absolute atomic E-state index is 12.4. The van der Waals surface area contributed by atoms with E-state index in [-0.39, 0.29) is 11.9 Å². The number of rotatable bonds is 5. The van der Waals surface area contributed by atoms with Crippen molar-refractivity contribution >= 4 is 17.5 Å². The van der Waals surface area contributed by atoms with E-state index < -0.39 is 0 Å². The Labute approximate surface area is 131 Å². The average Bonchev–Trinajstić information content (AvgIpc) is 2.51. The molecule has 5 nitrogen and oxygen atoms in total. The van der Waals surface area contributed by atoms with Crippen LogP contribution in [0.25, 0.3) is 0 Å². The van der Waals surface area contributed by atoms with Crippen molar-refractivity contribution in [3.8, 4) is 0 Å². The van der Waals surface area contributed by atoms with Gasteiger partial charge in [0.05, 0.1) is 0 Å². The van der Waals surface area contributed by atoms with Crippen LogP contribution < -0.4 is 10.6 Å². The highest BCUT2D eigenvalue weighted by Gasteiger charge is 2.12. The van der Waals surface area contributed by atoms with Crippen LogP contribution in [-0.2, 0) is 0 Å². The third-order valence-electron chi connectivity index (χ3n) is 3.60. The smallest absolute Gasteiger partial charge is 0.274 e. The van der Waals surface area contributed by atoms with Gasteiger partial charge in [0.15, 0.2) is 0 Å². The van der Waals surface area contributed by atoms with E-state index in [4.69, 9.17) is 0 Å². The van der Waals surface area contributed by atoms with Gasteiger partial charge in [-0.2, -0.15) is 0 Å². The van der Waals surface area contributed by atoms with E-state index in [0.29, 0.717) is 11.6 Å². The number of nitrogens with zero attached hydrogens (tertiary/aromatic N) is 2. The molecule has 0 aliphatic carbocycles. The number of amides is 1. The van der Waals surface area contributed by atoms with Crippen LogP contribution in [0.5, 0.6) is 0 Å². The number of nitrogens with one attached hydrogen (secondary N) is 2. The van der Waals surface area contributed by atoms with Gasteiger partial charge >= 0.3 is 0 Å². The molecule has 0 fully saturated rings. The minimum atomic E-state index is -0.230. The first-order chi connectivity index (χ1) is 10.5. The highest BCUT2D eigenvalue weighted by atomic mass is 16.1. The van der Waals surface area contributed by atoms with E-state index >= 15 is 0 Å². The van der Waals surface area contributed by atoms with E-state index in [1.54, 1.807) is 12.3 Å². The molecule has 2 rings (SSSR count). The standard InChI is InChI=1S/C17H22N4O/c1-5-13(4)19-17-18-10-9-14(20-17)16(22)21-15-11(2)7-6-8-12(15)3/h6-10,13H,5H2,1-4H3,(H,21,22)(H,18,19,20). The lowest BCUT2D eigenvalue weighted by Gasteiger charge is -2.13. The number of para-hydroxylation sites is 1. The van der Waals surface area contributed by atoms with E-state index in [1.807, 2.05) is 39.0 Å².